The quantitative estimate of drug-likeness (QED) is 0.810. The van der Waals surface area contributed by atoms with Crippen LogP contribution in [-0.4, -0.2) is 37.3 Å². The van der Waals surface area contributed by atoms with E-state index in [0.29, 0.717) is 13.1 Å². The molecule has 1 aromatic rings. The SMILES string of the molecule is CC(CO)c1ccc(N2CCNC(=O)C2)cc1. The van der Waals surface area contributed by atoms with E-state index in [2.05, 4.69) is 10.2 Å². The molecular weight excluding hydrogens is 216 g/mol. The second kappa shape index (κ2) is 5.19. The standard InChI is InChI=1S/C13H18N2O2/c1-10(9-16)11-2-4-12(5-3-11)15-7-6-14-13(17)8-15/h2-5,10,16H,6-9H2,1H3,(H,14,17). The number of piperazine rings is 1. The number of aliphatic hydroxyl groups excluding tert-OH is 1. The monoisotopic (exact) mass is 234 g/mol. The fraction of sp³-hybridized carbons (Fsp3) is 0.462. The number of hydrogen-bond donors (Lipinski definition) is 2. The Morgan fingerprint density at radius 1 is 1.41 bits per heavy atom. The van der Waals surface area contributed by atoms with E-state index in [1.165, 1.54) is 0 Å². The maximum Gasteiger partial charge on any atom is 0.239 e. The molecule has 1 fully saturated rings. The van der Waals surface area contributed by atoms with Crippen molar-refractivity contribution in [2.75, 3.05) is 31.1 Å². The third-order valence-electron chi connectivity index (χ3n) is 3.14. The van der Waals surface area contributed by atoms with Gasteiger partial charge in [-0.2, -0.15) is 0 Å². The van der Waals surface area contributed by atoms with Crippen molar-refractivity contribution in [3.05, 3.63) is 29.8 Å². The summed E-state index contributed by atoms with van der Waals surface area (Å²) in [4.78, 5) is 13.3. The Morgan fingerprint density at radius 3 is 2.71 bits per heavy atom. The highest BCUT2D eigenvalue weighted by atomic mass is 16.3. The first kappa shape index (κ1) is 11.9. The van der Waals surface area contributed by atoms with Gasteiger partial charge in [-0.1, -0.05) is 19.1 Å². The predicted molar refractivity (Wildman–Crippen MR) is 67.2 cm³/mol. The Kier molecular flexibility index (Phi) is 3.64. The van der Waals surface area contributed by atoms with Gasteiger partial charge in [-0.05, 0) is 17.7 Å². The zero-order valence-electron chi connectivity index (χ0n) is 10.0. The Balaban J connectivity index is 2.09. The molecule has 0 aliphatic carbocycles. The van der Waals surface area contributed by atoms with Crippen molar-refractivity contribution >= 4 is 11.6 Å². The molecule has 92 valence electrons. The van der Waals surface area contributed by atoms with Crippen LogP contribution in [0.1, 0.15) is 18.4 Å². The number of benzene rings is 1. The van der Waals surface area contributed by atoms with Gasteiger partial charge in [-0.15, -0.1) is 0 Å². The number of nitrogens with zero attached hydrogens (tertiary/aromatic N) is 1. The van der Waals surface area contributed by atoms with Gasteiger partial charge in [0.25, 0.3) is 0 Å². The molecule has 2 N–H and O–H groups in total. The number of anilines is 1. The number of carbonyl (C=O) groups is 1. The van der Waals surface area contributed by atoms with Gasteiger partial charge in [-0.25, -0.2) is 0 Å². The average molecular weight is 234 g/mol. The van der Waals surface area contributed by atoms with E-state index < -0.39 is 0 Å². The molecule has 4 nitrogen and oxygen atoms in total. The molecule has 17 heavy (non-hydrogen) atoms. The summed E-state index contributed by atoms with van der Waals surface area (Å²) < 4.78 is 0. The number of hydrogen-bond acceptors (Lipinski definition) is 3. The summed E-state index contributed by atoms with van der Waals surface area (Å²) >= 11 is 0. The molecule has 1 unspecified atom stereocenters. The highest BCUT2D eigenvalue weighted by Crippen LogP contribution is 2.20. The van der Waals surface area contributed by atoms with Gasteiger partial charge in [0.05, 0.1) is 6.54 Å². The summed E-state index contributed by atoms with van der Waals surface area (Å²) in [7, 11) is 0. The molecule has 1 aliphatic heterocycles. The van der Waals surface area contributed by atoms with Gasteiger partial charge in [-0.3, -0.25) is 4.79 Å². The van der Waals surface area contributed by atoms with Gasteiger partial charge in [0.1, 0.15) is 0 Å². The number of nitrogens with one attached hydrogen (secondary N) is 1. The smallest absolute Gasteiger partial charge is 0.239 e. The normalized spacial score (nSPS) is 17.8. The average Bonchev–Trinajstić information content (AvgIpc) is 2.38. The van der Waals surface area contributed by atoms with Crippen LogP contribution in [0.4, 0.5) is 5.69 Å². The maximum absolute atomic E-state index is 11.3. The highest BCUT2D eigenvalue weighted by molar-refractivity contribution is 5.82. The molecule has 0 saturated carbocycles. The summed E-state index contributed by atoms with van der Waals surface area (Å²) in [5.41, 5.74) is 2.19. The lowest BCUT2D eigenvalue weighted by molar-refractivity contribution is -0.120. The van der Waals surface area contributed by atoms with Crippen molar-refractivity contribution in [2.45, 2.75) is 12.8 Å². The minimum absolute atomic E-state index is 0.0732. The van der Waals surface area contributed by atoms with E-state index in [9.17, 15) is 4.79 Å². The van der Waals surface area contributed by atoms with Crippen molar-refractivity contribution in [3.63, 3.8) is 0 Å². The van der Waals surface area contributed by atoms with Gasteiger partial charge in [0.2, 0.25) is 5.91 Å². The van der Waals surface area contributed by atoms with E-state index in [1.54, 1.807) is 0 Å². The van der Waals surface area contributed by atoms with Crippen LogP contribution in [0.2, 0.25) is 0 Å². The summed E-state index contributed by atoms with van der Waals surface area (Å²) in [5, 5.41) is 11.9. The van der Waals surface area contributed by atoms with E-state index in [0.717, 1.165) is 17.8 Å². The topological polar surface area (TPSA) is 52.6 Å². The molecule has 0 bridgehead atoms. The third-order valence-corrected chi connectivity index (χ3v) is 3.14. The van der Waals surface area contributed by atoms with Gasteiger partial charge in [0, 0.05) is 31.3 Å². The van der Waals surface area contributed by atoms with Crippen LogP contribution in [0.25, 0.3) is 0 Å². The molecule has 1 saturated heterocycles. The predicted octanol–water partition coefficient (Wildman–Crippen LogP) is 0.719. The van der Waals surface area contributed by atoms with Crippen LogP contribution in [0.15, 0.2) is 24.3 Å². The molecule has 1 amide bonds. The highest BCUT2D eigenvalue weighted by Gasteiger charge is 2.16. The molecule has 0 spiro atoms. The maximum atomic E-state index is 11.3. The molecule has 1 aliphatic rings. The first-order valence-corrected chi connectivity index (χ1v) is 5.93. The second-order valence-electron chi connectivity index (χ2n) is 4.45. The van der Waals surface area contributed by atoms with Gasteiger partial charge >= 0.3 is 0 Å². The fourth-order valence-corrected chi connectivity index (χ4v) is 1.98. The lowest BCUT2D eigenvalue weighted by Gasteiger charge is -2.28. The Labute approximate surface area is 101 Å². The van der Waals surface area contributed by atoms with Gasteiger partial charge < -0.3 is 15.3 Å². The minimum atomic E-state index is 0.0732. The van der Waals surface area contributed by atoms with E-state index >= 15 is 0 Å². The lowest BCUT2D eigenvalue weighted by Crippen LogP contribution is -2.47. The van der Waals surface area contributed by atoms with Crippen molar-refractivity contribution in [1.82, 2.24) is 5.32 Å². The number of amides is 1. The Bertz CT molecular complexity index is 389. The van der Waals surface area contributed by atoms with Crippen LogP contribution in [-0.2, 0) is 4.79 Å². The van der Waals surface area contributed by atoms with E-state index in [1.807, 2.05) is 31.2 Å². The van der Waals surface area contributed by atoms with Crippen LogP contribution in [0, 0.1) is 0 Å². The summed E-state index contributed by atoms with van der Waals surface area (Å²) in [6.07, 6.45) is 0. The fourth-order valence-electron chi connectivity index (χ4n) is 1.98. The Morgan fingerprint density at radius 2 is 2.12 bits per heavy atom. The van der Waals surface area contributed by atoms with E-state index in [-0.39, 0.29) is 18.4 Å². The zero-order valence-corrected chi connectivity index (χ0v) is 10.0. The molecule has 4 heteroatoms. The number of aliphatic hydroxyl groups is 1. The first-order chi connectivity index (χ1) is 8.20. The third kappa shape index (κ3) is 2.77. The first-order valence-electron chi connectivity index (χ1n) is 5.93. The lowest BCUT2D eigenvalue weighted by atomic mass is 10.0. The van der Waals surface area contributed by atoms with Gasteiger partial charge in [0.15, 0.2) is 0 Å². The molecular formula is C13H18N2O2. The second-order valence-corrected chi connectivity index (χ2v) is 4.45. The Hall–Kier alpha value is -1.55. The largest absolute Gasteiger partial charge is 0.396 e. The molecule has 0 radical (unpaired) electrons. The van der Waals surface area contributed by atoms with Crippen LogP contribution in [0.5, 0.6) is 0 Å². The molecule has 2 rings (SSSR count). The van der Waals surface area contributed by atoms with Crippen molar-refractivity contribution in [1.29, 1.82) is 0 Å². The van der Waals surface area contributed by atoms with Crippen molar-refractivity contribution < 1.29 is 9.90 Å². The van der Waals surface area contributed by atoms with Crippen LogP contribution < -0.4 is 10.2 Å². The molecule has 0 aromatic heterocycles. The zero-order chi connectivity index (χ0) is 12.3. The summed E-state index contributed by atoms with van der Waals surface area (Å²) in [6, 6.07) is 8.06. The van der Waals surface area contributed by atoms with E-state index in [4.69, 9.17) is 5.11 Å². The molecule has 1 atom stereocenters. The number of rotatable bonds is 3. The van der Waals surface area contributed by atoms with Crippen LogP contribution >= 0.6 is 0 Å². The number of carbonyl (C=O) groups excluding carboxylic acids is 1. The van der Waals surface area contributed by atoms with Crippen molar-refractivity contribution in [3.8, 4) is 0 Å². The van der Waals surface area contributed by atoms with Crippen molar-refractivity contribution in [2.24, 2.45) is 0 Å². The summed E-state index contributed by atoms with van der Waals surface area (Å²) in [5.74, 6) is 0.234. The molecule has 1 aromatic carbocycles. The molecule has 1 heterocycles. The summed E-state index contributed by atoms with van der Waals surface area (Å²) in [6.45, 7) is 4.12. The van der Waals surface area contributed by atoms with Crippen LogP contribution in [0.3, 0.4) is 0 Å². The minimum Gasteiger partial charge on any atom is -0.396 e.